The Morgan fingerprint density at radius 1 is 1.21 bits per heavy atom. The van der Waals surface area contributed by atoms with Gasteiger partial charge in [-0.25, -0.2) is 16.8 Å². The Morgan fingerprint density at radius 3 is 2.29 bits per heavy atom. The molecule has 1 saturated heterocycles. The first-order chi connectivity index (χ1) is 10.9. The SMILES string of the molecule is Cc1cc(C)c(S(=O)(=O)N(CC(=O)O)[C@H]2CCS(=O)(=O)C2)cc1C. The Hall–Kier alpha value is -1.45. The first kappa shape index (κ1) is 18.9. The van der Waals surface area contributed by atoms with Crippen LogP contribution in [0.25, 0.3) is 0 Å². The molecule has 0 aromatic heterocycles. The van der Waals surface area contributed by atoms with E-state index in [9.17, 15) is 21.6 Å². The van der Waals surface area contributed by atoms with Crippen molar-refractivity contribution < 1.29 is 26.7 Å². The zero-order chi connectivity index (χ0) is 18.3. The van der Waals surface area contributed by atoms with E-state index in [-0.39, 0.29) is 22.8 Å². The van der Waals surface area contributed by atoms with Gasteiger partial charge in [-0.2, -0.15) is 4.31 Å². The molecule has 0 saturated carbocycles. The zero-order valence-corrected chi connectivity index (χ0v) is 15.4. The molecule has 9 heteroatoms. The van der Waals surface area contributed by atoms with E-state index in [0.717, 1.165) is 15.4 Å². The number of hydrogen-bond donors (Lipinski definition) is 1. The Balaban J connectivity index is 2.52. The molecule has 1 heterocycles. The minimum atomic E-state index is -4.11. The van der Waals surface area contributed by atoms with Crippen LogP contribution in [0, 0.1) is 20.8 Å². The van der Waals surface area contributed by atoms with Crippen LogP contribution in [-0.4, -0.2) is 56.3 Å². The van der Waals surface area contributed by atoms with E-state index < -0.39 is 38.4 Å². The highest BCUT2D eigenvalue weighted by Crippen LogP contribution is 2.28. The summed E-state index contributed by atoms with van der Waals surface area (Å²) in [6, 6.07) is 2.39. The average molecular weight is 375 g/mol. The summed E-state index contributed by atoms with van der Waals surface area (Å²) in [5.74, 6) is -1.79. The summed E-state index contributed by atoms with van der Waals surface area (Å²) in [4.78, 5) is 11.2. The van der Waals surface area contributed by atoms with Gasteiger partial charge in [0.2, 0.25) is 10.0 Å². The lowest BCUT2D eigenvalue weighted by Crippen LogP contribution is -2.44. The number of sulfone groups is 1. The van der Waals surface area contributed by atoms with Crippen molar-refractivity contribution in [3.05, 3.63) is 28.8 Å². The summed E-state index contributed by atoms with van der Waals surface area (Å²) >= 11 is 0. The number of aliphatic carboxylic acids is 1. The third-order valence-corrected chi connectivity index (χ3v) is 8.08. The van der Waals surface area contributed by atoms with Crippen molar-refractivity contribution in [1.29, 1.82) is 0 Å². The van der Waals surface area contributed by atoms with Gasteiger partial charge < -0.3 is 5.11 Å². The number of benzene rings is 1. The molecule has 1 fully saturated rings. The van der Waals surface area contributed by atoms with Crippen molar-refractivity contribution in [3.8, 4) is 0 Å². The quantitative estimate of drug-likeness (QED) is 0.818. The van der Waals surface area contributed by atoms with E-state index in [4.69, 9.17) is 5.11 Å². The van der Waals surface area contributed by atoms with Crippen molar-refractivity contribution in [2.45, 2.75) is 38.1 Å². The van der Waals surface area contributed by atoms with Crippen LogP contribution in [0.1, 0.15) is 23.1 Å². The lowest BCUT2D eigenvalue weighted by Gasteiger charge is -2.26. The lowest BCUT2D eigenvalue weighted by atomic mass is 10.1. The monoisotopic (exact) mass is 375 g/mol. The Kier molecular flexibility index (Phi) is 5.08. The number of carbonyl (C=O) groups is 1. The van der Waals surface area contributed by atoms with E-state index in [0.29, 0.717) is 5.56 Å². The molecule has 7 nitrogen and oxygen atoms in total. The number of hydrogen-bond acceptors (Lipinski definition) is 5. The number of rotatable bonds is 5. The molecule has 1 aromatic carbocycles. The van der Waals surface area contributed by atoms with Gasteiger partial charge in [0.05, 0.1) is 16.4 Å². The van der Waals surface area contributed by atoms with E-state index >= 15 is 0 Å². The van der Waals surface area contributed by atoms with Crippen molar-refractivity contribution in [2.75, 3.05) is 18.1 Å². The smallest absolute Gasteiger partial charge is 0.318 e. The minimum absolute atomic E-state index is 0.0242. The second-order valence-corrected chi connectivity index (χ2v) is 10.3. The predicted octanol–water partition coefficient (Wildman–Crippen LogP) is 0.874. The lowest BCUT2D eigenvalue weighted by molar-refractivity contribution is -0.137. The summed E-state index contributed by atoms with van der Waals surface area (Å²) in [5, 5.41) is 9.10. The van der Waals surface area contributed by atoms with Crippen molar-refractivity contribution in [1.82, 2.24) is 4.31 Å². The van der Waals surface area contributed by atoms with Crippen LogP contribution < -0.4 is 0 Å². The normalized spacial score (nSPS) is 20.4. The molecule has 0 bridgehead atoms. The molecule has 134 valence electrons. The summed E-state index contributed by atoms with van der Waals surface area (Å²) in [6.07, 6.45) is 0.110. The second kappa shape index (κ2) is 6.45. The highest BCUT2D eigenvalue weighted by atomic mass is 32.2. The first-order valence-corrected chi connectivity index (χ1v) is 10.7. The molecule has 1 aliphatic heterocycles. The molecule has 0 amide bonds. The molecule has 24 heavy (non-hydrogen) atoms. The van der Waals surface area contributed by atoms with Crippen molar-refractivity contribution >= 4 is 25.8 Å². The maximum absolute atomic E-state index is 13.0. The molecule has 2 rings (SSSR count). The Morgan fingerprint density at radius 2 is 1.79 bits per heavy atom. The van der Waals surface area contributed by atoms with Gasteiger partial charge >= 0.3 is 5.97 Å². The summed E-state index contributed by atoms with van der Waals surface area (Å²) < 4.78 is 50.2. The second-order valence-electron chi connectivity index (χ2n) is 6.20. The van der Waals surface area contributed by atoms with Crippen LogP contribution in [0.2, 0.25) is 0 Å². The van der Waals surface area contributed by atoms with E-state index in [1.54, 1.807) is 19.9 Å². The number of sulfonamides is 1. The van der Waals surface area contributed by atoms with Crippen LogP contribution in [0.4, 0.5) is 0 Å². The fourth-order valence-corrected chi connectivity index (χ4v) is 6.61. The van der Waals surface area contributed by atoms with Crippen LogP contribution >= 0.6 is 0 Å². The molecule has 0 unspecified atom stereocenters. The van der Waals surface area contributed by atoms with Gasteiger partial charge in [-0.3, -0.25) is 4.79 Å². The van der Waals surface area contributed by atoms with Crippen LogP contribution in [0.5, 0.6) is 0 Å². The molecule has 0 radical (unpaired) electrons. The van der Waals surface area contributed by atoms with Gasteiger partial charge in [-0.1, -0.05) is 6.07 Å². The molecule has 1 aliphatic rings. The first-order valence-electron chi connectivity index (χ1n) is 7.46. The predicted molar refractivity (Wildman–Crippen MR) is 89.2 cm³/mol. The summed E-state index contributed by atoms with van der Waals surface area (Å²) in [6.45, 7) is 4.52. The maximum Gasteiger partial charge on any atom is 0.318 e. The summed E-state index contributed by atoms with van der Waals surface area (Å²) in [7, 11) is -7.45. The number of carboxylic acids is 1. The number of carboxylic acid groups (broad SMARTS) is 1. The molecule has 1 N–H and O–H groups in total. The largest absolute Gasteiger partial charge is 0.480 e. The van der Waals surface area contributed by atoms with E-state index in [2.05, 4.69) is 0 Å². The van der Waals surface area contributed by atoms with Crippen LogP contribution in [0.15, 0.2) is 17.0 Å². The highest BCUT2D eigenvalue weighted by Gasteiger charge is 2.40. The fourth-order valence-electron chi connectivity index (χ4n) is 2.88. The van der Waals surface area contributed by atoms with Gasteiger partial charge in [0, 0.05) is 6.04 Å². The van der Waals surface area contributed by atoms with Crippen molar-refractivity contribution in [3.63, 3.8) is 0 Å². The molecule has 1 atom stereocenters. The summed E-state index contributed by atoms with van der Waals surface area (Å²) in [5.41, 5.74) is 2.21. The zero-order valence-electron chi connectivity index (χ0n) is 13.8. The Bertz CT molecular complexity index is 873. The van der Waals surface area contributed by atoms with Crippen LogP contribution in [-0.2, 0) is 24.7 Å². The van der Waals surface area contributed by atoms with Gasteiger partial charge in [0.25, 0.3) is 0 Å². The van der Waals surface area contributed by atoms with Crippen LogP contribution in [0.3, 0.4) is 0 Å². The highest BCUT2D eigenvalue weighted by molar-refractivity contribution is 7.92. The third-order valence-electron chi connectivity index (χ3n) is 4.28. The number of nitrogens with zero attached hydrogens (tertiary/aromatic N) is 1. The molecule has 0 spiro atoms. The Labute approximate surface area is 142 Å². The maximum atomic E-state index is 13.0. The third kappa shape index (κ3) is 3.79. The molecule has 0 aliphatic carbocycles. The van der Waals surface area contributed by atoms with Crippen molar-refractivity contribution in [2.24, 2.45) is 0 Å². The fraction of sp³-hybridized carbons (Fsp3) is 0.533. The minimum Gasteiger partial charge on any atom is -0.480 e. The van der Waals surface area contributed by atoms with E-state index in [1.807, 2.05) is 6.92 Å². The molecule has 1 aromatic rings. The topological polar surface area (TPSA) is 109 Å². The van der Waals surface area contributed by atoms with Gasteiger partial charge in [0.15, 0.2) is 9.84 Å². The number of aryl methyl sites for hydroxylation is 3. The van der Waals surface area contributed by atoms with E-state index in [1.165, 1.54) is 6.07 Å². The van der Waals surface area contributed by atoms with Gasteiger partial charge in [-0.15, -0.1) is 0 Å². The van der Waals surface area contributed by atoms with Gasteiger partial charge in [-0.05, 0) is 49.9 Å². The molecular formula is C15H21NO6S2. The van der Waals surface area contributed by atoms with Gasteiger partial charge in [0.1, 0.15) is 6.54 Å². The average Bonchev–Trinajstić information content (AvgIpc) is 2.79. The standard InChI is InChI=1S/C15H21NO6S2/c1-10-6-12(3)14(7-11(10)2)24(21,22)16(8-15(17)18)13-4-5-23(19,20)9-13/h6-7,13H,4-5,8-9H2,1-3H3,(H,17,18)/t13-/m0/s1. The molecular weight excluding hydrogens is 354 g/mol.